The first kappa shape index (κ1) is 23.7. The normalized spacial score (nSPS) is 20.8. The van der Waals surface area contributed by atoms with E-state index in [4.69, 9.17) is 0 Å². The minimum absolute atomic E-state index is 0.0125. The summed E-state index contributed by atoms with van der Waals surface area (Å²) in [4.78, 5) is 12.7. The second-order valence-corrected chi connectivity index (χ2v) is 7.02. The third kappa shape index (κ3) is 3.62. The molecule has 2 aromatic carbocycles. The van der Waals surface area contributed by atoms with Gasteiger partial charge >= 0.3 is 18.0 Å². The summed E-state index contributed by atoms with van der Waals surface area (Å²) in [6.45, 7) is 0. The maximum Gasteiger partial charge on any atom is 0.460 e. The summed E-state index contributed by atoms with van der Waals surface area (Å²) < 4.78 is 95.4. The third-order valence-electron chi connectivity index (χ3n) is 4.90. The zero-order chi connectivity index (χ0) is 23.9. The molecule has 32 heavy (non-hydrogen) atoms. The van der Waals surface area contributed by atoms with Gasteiger partial charge in [-0.2, -0.15) is 40.8 Å². The lowest BCUT2D eigenvalue weighted by Crippen LogP contribution is -2.69. The molecule has 1 aliphatic rings. The molecule has 2 atom stereocenters. The Bertz CT molecular complexity index is 1010. The number of benzene rings is 2. The van der Waals surface area contributed by atoms with Crippen molar-refractivity contribution in [3.05, 3.63) is 71.8 Å². The van der Waals surface area contributed by atoms with Gasteiger partial charge in [0.15, 0.2) is 6.10 Å². The van der Waals surface area contributed by atoms with Crippen LogP contribution >= 0.6 is 0 Å². The van der Waals surface area contributed by atoms with E-state index in [1.165, 1.54) is 60.7 Å². The van der Waals surface area contributed by atoms with Gasteiger partial charge in [0.25, 0.3) is 5.91 Å². The Kier molecular flexibility index (Phi) is 5.81. The molecule has 1 heterocycles. The summed E-state index contributed by atoms with van der Waals surface area (Å²) in [6.07, 6.45) is -10.6. The zero-order valence-corrected chi connectivity index (χ0v) is 15.9. The molecule has 0 aromatic heterocycles. The number of hydrazone groups is 1. The molecule has 2 N–H and O–H groups in total. The van der Waals surface area contributed by atoms with Crippen molar-refractivity contribution in [1.29, 1.82) is 0 Å². The van der Waals surface area contributed by atoms with Crippen molar-refractivity contribution in [2.24, 2.45) is 5.10 Å². The number of hydrogen-bond acceptors (Lipinski definition) is 4. The molecule has 0 unspecified atom stereocenters. The van der Waals surface area contributed by atoms with Crippen molar-refractivity contribution in [3.8, 4) is 0 Å². The Morgan fingerprint density at radius 3 is 1.94 bits per heavy atom. The highest BCUT2D eigenvalue weighted by Crippen LogP contribution is 2.54. The Morgan fingerprint density at radius 2 is 1.44 bits per heavy atom. The van der Waals surface area contributed by atoms with Gasteiger partial charge < -0.3 is 10.2 Å². The molecule has 0 bridgehead atoms. The van der Waals surface area contributed by atoms with Crippen LogP contribution in [0.3, 0.4) is 0 Å². The fraction of sp³-hybridized carbons (Fsp3) is 0.300. The van der Waals surface area contributed by atoms with Crippen LogP contribution in [0.5, 0.6) is 0 Å². The lowest BCUT2D eigenvalue weighted by atomic mass is 9.91. The summed E-state index contributed by atoms with van der Waals surface area (Å²) in [7, 11) is 0. The minimum atomic E-state index is -6.76. The molecular weight excluding hydrogens is 449 g/mol. The number of amides is 1. The monoisotopic (exact) mass is 464 g/mol. The predicted octanol–water partition coefficient (Wildman–Crippen LogP) is 3.88. The molecule has 5 nitrogen and oxygen atoms in total. The number of nitrogens with zero attached hydrogens (tertiary/aromatic N) is 2. The zero-order valence-electron chi connectivity index (χ0n) is 15.9. The van der Waals surface area contributed by atoms with Crippen molar-refractivity contribution in [3.63, 3.8) is 0 Å². The smallest absolute Gasteiger partial charge is 0.378 e. The van der Waals surface area contributed by atoms with Crippen LogP contribution in [0.4, 0.5) is 30.7 Å². The number of hydrogen-bond donors (Lipinski definition) is 2. The highest BCUT2D eigenvalue weighted by Gasteiger charge is 2.82. The summed E-state index contributed by atoms with van der Waals surface area (Å²) in [5.74, 6) is -14.8. The van der Waals surface area contributed by atoms with E-state index in [1.54, 1.807) is 0 Å². The number of aliphatic hydroxyl groups excluding tert-OH is 1. The van der Waals surface area contributed by atoms with Gasteiger partial charge in [0.1, 0.15) is 0 Å². The standard InChI is InChI=1S/C20H15F7N2O3/c21-18(22,19(23,24)20(25,26)27)17(32)11-14(12-7-3-1-4-8-12)28-29(17)16(31)15(30)13-9-5-2-6-10-13/h1-10,15,30,32H,11H2/t15-,17-/m1/s1. The number of carbonyl (C=O) groups is 1. The van der Waals surface area contributed by atoms with Crippen LogP contribution in [0.2, 0.25) is 0 Å². The maximum absolute atomic E-state index is 14.7. The van der Waals surface area contributed by atoms with E-state index >= 15 is 0 Å². The molecule has 12 heteroatoms. The van der Waals surface area contributed by atoms with E-state index in [0.29, 0.717) is 0 Å². The lowest BCUT2D eigenvalue weighted by Gasteiger charge is -2.41. The van der Waals surface area contributed by atoms with Crippen molar-refractivity contribution in [2.45, 2.75) is 36.3 Å². The first-order valence-electron chi connectivity index (χ1n) is 8.99. The van der Waals surface area contributed by atoms with Crippen LogP contribution in [-0.4, -0.2) is 50.6 Å². The van der Waals surface area contributed by atoms with E-state index in [0.717, 1.165) is 0 Å². The van der Waals surface area contributed by atoms with Crippen LogP contribution in [0, 0.1) is 0 Å². The summed E-state index contributed by atoms with van der Waals surface area (Å²) in [6, 6.07) is 13.4. The van der Waals surface area contributed by atoms with Gasteiger partial charge in [-0.1, -0.05) is 60.7 Å². The number of halogens is 7. The van der Waals surface area contributed by atoms with E-state index in [2.05, 4.69) is 5.10 Å². The van der Waals surface area contributed by atoms with Gasteiger partial charge in [0, 0.05) is 6.42 Å². The van der Waals surface area contributed by atoms with Crippen LogP contribution in [0.1, 0.15) is 23.7 Å². The number of aliphatic hydroxyl groups is 2. The highest BCUT2D eigenvalue weighted by molar-refractivity contribution is 6.03. The van der Waals surface area contributed by atoms with Crippen molar-refractivity contribution in [1.82, 2.24) is 5.01 Å². The van der Waals surface area contributed by atoms with E-state index in [-0.39, 0.29) is 11.1 Å². The average Bonchev–Trinajstić information content (AvgIpc) is 3.12. The lowest BCUT2D eigenvalue weighted by molar-refractivity contribution is -0.401. The van der Waals surface area contributed by atoms with Crippen LogP contribution in [0.15, 0.2) is 65.8 Å². The molecule has 0 aliphatic carbocycles. The molecule has 0 radical (unpaired) electrons. The second-order valence-electron chi connectivity index (χ2n) is 7.02. The molecule has 1 aliphatic heterocycles. The van der Waals surface area contributed by atoms with Gasteiger partial charge in [-0.15, -0.1) is 0 Å². The van der Waals surface area contributed by atoms with Gasteiger partial charge in [0.05, 0.1) is 5.71 Å². The van der Waals surface area contributed by atoms with Gasteiger partial charge in [-0.3, -0.25) is 4.79 Å². The van der Waals surface area contributed by atoms with Gasteiger partial charge in [0.2, 0.25) is 5.72 Å². The van der Waals surface area contributed by atoms with Gasteiger partial charge in [-0.25, -0.2) is 0 Å². The summed E-state index contributed by atoms with van der Waals surface area (Å²) in [5, 5.41) is 23.6. The van der Waals surface area contributed by atoms with Crippen LogP contribution in [-0.2, 0) is 4.79 Å². The number of carbonyl (C=O) groups excluding carboxylic acids is 1. The molecule has 2 aromatic rings. The predicted molar refractivity (Wildman–Crippen MR) is 96.7 cm³/mol. The Labute approximate surface area is 176 Å². The quantitative estimate of drug-likeness (QED) is 0.660. The molecule has 1 amide bonds. The number of alkyl halides is 7. The first-order chi connectivity index (χ1) is 14.7. The van der Waals surface area contributed by atoms with Crippen LogP contribution < -0.4 is 0 Å². The minimum Gasteiger partial charge on any atom is -0.378 e. The largest absolute Gasteiger partial charge is 0.460 e. The molecule has 172 valence electrons. The van der Waals surface area contributed by atoms with E-state index in [1.807, 2.05) is 0 Å². The van der Waals surface area contributed by atoms with Crippen molar-refractivity contribution >= 4 is 11.6 Å². The third-order valence-corrected chi connectivity index (χ3v) is 4.90. The van der Waals surface area contributed by atoms with E-state index < -0.39 is 52.9 Å². The molecule has 0 spiro atoms. The average molecular weight is 464 g/mol. The fourth-order valence-corrected chi connectivity index (χ4v) is 3.14. The highest BCUT2D eigenvalue weighted by atomic mass is 19.4. The summed E-state index contributed by atoms with van der Waals surface area (Å²) in [5.41, 5.74) is -5.18. The topological polar surface area (TPSA) is 73.1 Å². The van der Waals surface area contributed by atoms with Crippen molar-refractivity contribution < 1.29 is 45.7 Å². The van der Waals surface area contributed by atoms with Gasteiger partial charge in [-0.05, 0) is 11.1 Å². The summed E-state index contributed by atoms with van der Waals surface area (Å²) >= 11 is 0. The Hall–Kier alpha value is -2.99. The molecule has 3 rings (SSSR count). The van der Waals surface area contributed by atoms with E-state index in [9.17, 15) is 45.7 Å². The Morgan fingerprint density at radius 1 is 0.938 bits per heavy atom. The second kappa shape index (κ2) is 7.85. The molecule has 0 saturated heterocycles. The van der Waals surface area contributed by atoms with Crippen LogP contribution in [0.25, 0.3) is 0 Å². The number of rotatable bonds is 5. The SMILES string of the molecule is O=C([C@H](O)c1ccccc1)N1N=C(c2ccccc2)C[C@@]1(O)C(F)(F)C(F)(F)C(F)(F)F. The molecular formula is C20H15F7N2O3. The van der Waals surface area contributed by atoms with Crippen molar-refractivity contribution in [2.75, 3.05) is 0 Å². The fourth-order valence-electron chi connectivity index (χ4n) is 3.14. The Balaban J connectivity index is 2.12. The molecule has 0 saturated carbocycles. The maximum atomic E-state index is 14.7. The molecule has 0 fully saturated rings. The first-order valence-corrected chi connectivity index (χ1v) is 8.99.